The number of aryl methyl sites for hydroxylation is 1. The van der Waals surface area contributed by atoms with Gasteiger partial charge in [-0.3, -0.25) is 9.78 Å². The molecular formula is C17H19ClN2OS. The summed E-state index contributed by atoms with van der Waals surface area (Å²) in [4.78, 5) is 20.2. The first kappa shape index (κ1) is 15.5. The fourth-order valence-electron chi connectivity index (χ4n) is 3.04. The first-order valence-electron chi connectivity index (χ1n) is 7.68. The van der Waals surface area contributed by atoms with E-state index in [-0.39, 0.29) is 5.91 Å². The monoisotopic (exact) mass is 334 g/mol. The van der Waals surface area contributed by atoms with Crippen LogP contribution in [0.15, 0.2) is 36.0 Å². The Kier molecular flexibility index (Phi) is 5.11. The number of likely N-dealkylation sites (tertiary alicyclic amines) is 1. The van der Waals surface area contributed by atoms with Gasteiger partial charge >= 0.3 is 0 Å². The highest BCUT2D eigenvalue weighted by Gasteiger charge is 2.28. The number of aromatic nitrogens is 1. The Morgan fingerprint density at radius 2 is 2.32 bits per heavy atom. The van der Waals surface area contributed by atoms with Gasteiger partial charge in [-0.1, -0.05) is 17.7 Å². The molecule has 0 spiro atoms. The van der Waals surface area contributed by atoms with Gasteiger partial charge in [0.05, 0.1) is 10.6 Å². The van der Waals surface area contributed by atoms with E-state index in [2.05, 4.69) is 22.5 Å². The molecule has 5 heteroatoms. The van der Waals surface area contributed by atoms with Crippen LogP contribution in [0.25, 0.3) is 0 Å². The molecule has 1 aliphatic heterocycles. The van der Waals surface area contributed by atoms with E-state index >= 15 is 0 Å². The molecule has 3 heterocycles. The van der Waals surface area contributed by atoms with Crippen molar-refractivity contribution in [1.82, 2.24) is 9.88 Å². The molecular weight excluding hydrogens is 316 g/mol. The van der Waals surface area contributed by atoms with Crippen LogP contribution in [0.4, 0.5) is 0 Å². The summed E-state index contributed by atoms with van der Waals surface area (Å²) in [6, 6.07) is 6.28. The average Bonchev–Trinajstić information content (AvgIpc) is 3.06. The first-order chi connectivity index (χ1) is 10.8. The summed E-state index contributed by atoms with van der Waals surface area (Å²) in [5, 5.41) is 2.55. The first-order valence-corrected chi connectivity index (χ1v) is 8.94. The maximum absolute atomic E-state index is 12.8. The number of hydrogen-bond acceptors (Lipinski definition) is 3. The largest absolute Gasteiger partial charge is 0.336 e. The fraction of sp³-hybridized carbons (Fsp3) is 0.412. The summed E-state index contributed by atoms with van der Waals surface area (Å²) in [7, 11) is 0. The minimum Gasteiger partial charge on any atom is -0.336 e. The Bertz CT molecular complexity index is 629. The molecule has 3 rings (SSSR count). The van der Waals surface area contributed by atoms with E-state index in [0.29, 0.717) is 16.6 Å². The highest BCUT2D eigenvalue weighted by atomic mass is 35.5. The van der Waals surface area contributed by atoms with Gasteiger partial charge < -0.3 is 4.90 Å². The summed E-state index contributed by atoms with van der Waals surface area (Å²) in [5.74, 6) is 0.0447. The Labute approximate surface area is 139 Å². The van der Waals surface area contributed by atoms with Crippen LogP contribution < -0.4 is 0 Å². The van der Waals surface area contributed by atoms with Crippen LogP contribution in [0.3, 0.4) is 0 Å². The molecule has 3 nitrogen and oxygen atoms in total. The summed E-state index contributed by atoms with van der Waals surface area (Å²) in [5.41, 5.74) is 0.569. The van der Waals surface area contributed by atoms with Crippen LogP contribution in [0, 0.1) is 0 Å². The number of nitrogens with zero attached hydrogens (tertiary/aromatic N) is 2. The van der Waals surface area contributed by atoms with Crippen molar-refractivity contribution >= 4 is 28.8 Å². The number of thiophene rings is 1. The highest BCUT2D eigenvalue weighted by molar-refractivity contribution is 7.09. The fourth-order valence-corrected chi connectivity index (χ4v) is 3.96. The summed E-state index contributed by atoms with van der Waals surface area (Å²) >= 11 is 7.92. The smallest absolute Gasteiger partial charge is 0.255 e. The number of amides is 1. The second-order valence-electron chi connectivity index (χ2n) is 5.62. The SMILES string of the molecule is O=C(c1ccncc1Cl)N1CCCCC1CCc1cccs1. The van der Waals surface area contributed by atoms with E-state index in [4.69, 9.17) is 11.6 Å². The van der Waals surface area contributed by atoms with E-state index in [1.165, 1.54) is 11.3 Å². The van der Waals surface area contributed by atoms with Gasteiger partial charge in [0.1, 0.15) is 0 Å². The van der Waals surface area contributed by atoms with Crippen LogP contribution in [0.2, 0.25) is 5.02 Å². The van der Waals surface area contributed by atoms with Crippen LogP contribution in [0.1, 0.15) is 40.9 Å². The average molecular weight is 335 g/mol. The molecule has 1 aliphatic rings. The van der Waals surface area contributed by atoms with E-state index < -0.39 is 0 Å². The number of carbonyl (C=O) groups is 1. The predicted octanol–water partition coefficient (Wildman–Crippen LogP) is 4.42. The third-order valence-electron chi connectivity index (χ3n) is 4.19. The molecule has 116 valence electrons. The van der Waals surface area contributed by atoms with Crippen molar-refractivity contribution in [3.63, 3.8) is 0 Å². The lowest BCUT2D eigenvalue weighted by atomic mass is 9.96. The molecule has 1 fully saturated rings. The summed E-state index contributed by atoms with van der Waals surface area (Å²) in [6.45, 7) is 0.826. The molecule has 0 radical (unpaired) electrons. The molecule has 1 saturated heterocycles. The van der Waals surface area contributed by atoms with E-state index in [1.807, 2.05) is 4.90 Å². The van der Waals surface area contributed by atoms with E-state index in [0.717, 1.165) is 32.2 Å². The van der Waals surface area contributed by atoms with Gasteiger partial charge in [0.25, 0.3) is 5.91 Å². The molecule has 0 saturated carbocycles. The zero-order chi connectivity index (χ0) is 15.4. The lowest BCUT2D eigenvalue weighted by Crippen LogP contribution is -2.44. The topological polar surface area (TPSA) is 33.2 Å². The zero-order valence-electron chi connectivity index (χ0n) is 12.4. The number of halogens is 1. The number of hydrogen-bond donors (Lipinski definition) is 0. The van der Waals surface area contributed by atoms with Crippen molar-refractivity contribution < 1.29 is 4.79 Å². The second kappa shape index (κ2) is 7.25. The molecule has 1 unspecified atom stereocenters. The highest BCUT2D eigenvalue weighted by Crippen LogP contribution is 2.26. The van der Waals surface area contributed by atoms with Crippen LogP contribution in [-0.4, -0.2) is 28.4 Å². The molecule has 0 aliphatic carbocycles. The minimum atomic E-state index is 0.0447. The molecule has 0 bridgehead atoms. The van der Waals surface area contributed by atoms with Crippen LogP contribution >= 0.6 is 22.9 Å². The van der Waals surface area contributed by atoms with Gasteiger partial charge in [0.15, 0.2) is 0 Å². The van der Waals surface area contributed by atoms with Crippen LogP contribution in [0.5, 0.6) is 0 Å². The third kappa shape index (κ3) is 3.50. The Morgan fingerprint density at radius 1 is 1.41 bits per heavy atom. The standard InChI is InChI=1S/C17H19ClN2OS/c18-16-12-19-9-8-15(16)17(21)20-10-2-1-4-13(20)6-7-14-5-3-11-22-14/h3,5,8-9,11-13H,1-2,4,6-7,10H2. The molecule has 1 amide bonds. The number of rotatable bonds is 4. The lowest BCUT2D eigenvalue weighted by molar-refractivity contribution is 0.0602. The Balaban J connectivity index is 1.72. The van der Waals surface area contributed by atoms with Gasteiger partial charge in [-0.15, -0.1) is 11.3 Å². The van der Waals surface area contributed by atoms with Crippen molar-refractivity contribution in [3.8, 4) is 0 Å². The number of pyridine rings is 1. The van der Waals surface area contributed by atoms with Gasteiger partial charge in [0, 0.05) is 29.9 Å². The second-order valence-corrected chi connectivity index (χ2v) is 7.06. The lowest BCUT2D eigenvalue weighted by Gasteiger charge is -2.36. The Morgan fingerprint density at radius 3 is 3.09 bits per heavy atom. The zero-order valence-corrected chi connectivity index (χ0v) is 13.9. The third-order valence-corrected chi connectivity index (χ3v) is 5.43. The van der Waals surface area contributed by atoms with Crippen LogP contribution in [-0.2, 0) is 6.42 Å². The quantitative estimate of drug-likeness (QED) is 0.829. The van der Waals surface area contributed by atoms with Gasteiger partial charge in [-0.05, 0) is 49.6 Å². The van der Waals surface area contributed by atoms with Crippen molar-refractivity contribution in [1.29, 1.82) is 0 Å². The molecule has 2 aromatic rings. The van der Waals surface area contributed by atoms with Gasteiger partial charge in [-0.2, -0.15) is 0 Å². The maximum atomic E-state index is 12.8. The number of carbonyl (C=O) groups excluding carboxylic acids is 1. The van der Waals surface area contributed by atoms with Gasteiger partial charge in [-0.25, -0.2) is 0 Å². The van der Waals surface area contributed by atoms with Crippen molar-refractivity contribution in [2.75, 3.05) is 6.54 Å². The van der Waals surface area contributed by atoms with E-state index in [1.54, 1.807) is 29.8 Å². The van der Waals surface area contributed by atoms with Crippen molar-refractivity contribution in [2.24, 2.45) is 0 Å². The maximum Gasteiger partial charge on any atom is 0.255 e. The molecule has 22 heavy (non-hydrogen) atoms. The molecule has 0 N–H and O–H groups in total. The van der Waals surface area contributed by atoms with Crippen molar-refractivity contribution in [3.05, 3.63) is 51.4 Å². The van der Waals surface area contributed by atoms with Gasteiger partial charge in [0.2, 0.25) is 0 Å². The summed E-state index contributed by atoms with van der Waals surface area (Å²) in [6.07, 6.45) is 8.58. The predicted molar refractivity (Wildman–Crippen MR) is 90.6 cm³/mol. The molecule has 0 aromatic carbocycles. The summed E-state index contributed by atoms with van der Waals surface area (Å²) < 4.78 is 0. The van der Waals surface area contributed by atoms with E-state index in [9.17, 15) is 4.79 Å². The molecule has 2 aromatic heterocycles. The normalized spacial score (nSPS) is 18.4. The molecule has 1 atom stereocenters. The number of piperidine rings is 1. The Hall–Kier alpha value is -1.39. The van der Waals surface area contributed by atoms with Crippen molar-refractivity contribution in [2.45, 2.75) is 38.1 Å². The minimum absolute atomic E-state index is 0.0447.